The number of benzene rings is 6. The number of aromatic nitrogens is 5. The summed E-state index contributed by atoms with van der Waals surface area (Å²) in [5.41, 5.74) is 10.9. The maximum absolute atomic E-state index is 10.2. The summed E-state index contributed by atoms with van der Waals surface area (Å²) in [6, 6.07) is 51.1. The van der Waals surface area contributed by atoms with E-state index in [1.54, 1.807) is 6.07 Å². The summed E-state index contributed by atoms with van der Waals surface area (Å²) < 4.78 is 4.31. The highest BCUT2D eigenvalue weighted by Gasteiger charge is 2.35. The maximum atomic E-state index is 10.2. The Morgan fingerprint density at radius 3 is 1.88 bits per heavy atom. The van der Waals surface area contributed by atoms with E-state index in [4.69, 9.17) is 15.0 Å². The van der Waals surface area contributed by atoms with Gasteiger partial charge in [0.2, 0.25) is 0 Å². The van der Waals surface area contributed by atoms with E-state index in [1.807, 2.05) is 85.1 Å². The second-order valence-corrected chi connectivity index (χ2v) is 16.7. The van der Waals surface area contributed by atoms with Crippen LogP contribution in [0, 0.1) is 5.92 Å². The quantitative estimate of drug-likeness (QED) is 0.122. The van der Waals surface area contributed by atoms with Crippen molar-refractivity contribution in [3.63, 3.8) is 0 Å². The van der Waals surface area contributed by atoms with Crippen LogP contribution in [0.15, 0.2) is 167 Å². The first-order chi connectivity index (χ1) is 28.7. The van der Waals surface area contributed by atoms with Crippen molar-refractivity contribution in [3.8, 4) is 39.6 Å². The summed E-state index contributed by atoms with van der Waals surface area (Å²) >= 11 is 6.83. The lowest BCUT2D eigenvalue weighted by Gasteiger charge is -2.16. The lowest BCUT2D eigenvalue weighted by Crippen LogP contribution is -2.30. The fraction of sp³-hybridized carbons (Fsp3) is 0.102. The van der Waals surface area contributed by atoms with Crippen LogP contribution in [-0.2, 0) is 6.42 Å². The van der Waals surface area contributed by atoms with Gasteiger partial charge in [-0.1, -0.05) is 129 Å². The van der Waals surface area contributed by atoms with E-state index in [0.717, 1.165) is 76.4 Å². The first kappa shape index (κ1) is 38.7. The van der Waals surface area contributed by atoms with Gasteiger partial charge in [-0.05, 0) is 114 Å². The molecule has 0 bridgehead atoms. The highest BCUT2D eigenvalue weighted by Crippen LogP contribution is 2.50. The Labute approximate surface area is 359 Å². The van der Waals surface area contributed by atoms with Crippen LogP contribution in [0.2, 0.25) is 0 Å². The minimum atomic E-state index is -1.60. The lowest BCUT2D eigenvalue weighted by atomic mass is 9.78. The van der Waals surface area contributed by atoms with Gasteiger partial charge in [0.05, 0.1) is 17.0 Å². The fourth-order valence-corrected chi connectivity index (χ4v) is 8.79. The van der Waals surface area contributed by atoms with E-state index in [0.29, 0.717) is 28.9 Å². The molecule has 10 rings (SSSR count). The smallest absolute Gasteiger partial charge is 0.423 e. The number of para-hydroxylation sites is 2. The number of nitrogens with zero attached hydrogens (tertiary/aromatic N) is 5. The third kappa shape index (κ3) is 7.65. The van der Waals surface area contributed by atoms with Crippen LogP contribution < -0.4 is 5.46 Å². The van der Waals surface area contributed by atoms with Crippen LogP contribution in [0.25, 0.3) is 61.4 Å². The normalized spacial score (nSPS) is 13.0. The average Bonchev–Trinajstić information content (AvgIpc) is 3.76. The highest BCUT2D eigenvalue weighted by atomic mass is 79.9. The zero-order valence-electron chi connectivity index (χ0n) is 32.3. The monoisotopic (exact) mass is 897 g/mol. The SMILES string of the molecule is CC(C)Cc1cc(Br)ncc1Br.OB(O)c1ccc2c(c1)C(c1nc(-c3ccccc3)nc(-c3ccccc3)n1)c1cc3c4ccccc4n(-c4ccccc4)c3cc1-2. The van der Waals surface area contributed by atoms with Gasteiger partial charge in [-0.15, -0.1) is 0 Å². The third-order valence-corrected chi connectivity index (χ3v) is 11.8. The van der Waals surface area contributed by atoms with Crippen molar-refractivity contribution in [3.05, 3.63) is 189 Å². The van der Waals surface area contributed by atoms with Crippen molar-refractivity contribution in [2.75, 3.05) is 0 Å². The van der Waals surface area contributed by atoms with Gasteiger partial charge in [-0.2, -0.15) is 0 Å². The van der Waals surface area contributed by atoms with Crippen molar-refractivity contribution < 1.29 is 10.0 Å². The molecule has 0 amide bonds. The van der Waals surface area contributed by atoms with Gasteiger partial charge in [-0.25, -0.2) is 19.9 Å². The second kappa shape index (κ2) is 16.5. The number of halogens is 2. The molecule has 0 aliphatic heterocycles. The number of pyridine rings is 1. The summed E-state index contributed by atoms with van der Waals surface area (Å²) in [5, 5.41) is 22.7. The largest absolute Gasteiger partial charge is 0.488 e. The molecule has 1 aliphatic carbocycles. The van der Waals surface area contributed by atoms with Crippen molar-refractivity contribution in [1.29, 1.82) is 0 Å². The summed E-state index contributed by atoms with van der Waals surface area (Å²) in [6.07, 6.45) is 2.92. The molecule has 1 atom stereocenters. The molecule has 0 saturated heterocycles. The van der Waals surface area contributed by atoms with Crippen molar-refractivity contribution in [1.82, 2.24) is 24.5 Å². The zero-order chi connectivity index (χ0) is 40.6. The Balaban J connectivity index is 0.000000324. The molecular formula is C49H38BBr2N5O2. The van der Waals surface area contributed by atoms with E-state index in [9.17, 15) is 10.0 Å². The van der Waals surface area contributed by atoms with E-state index in [2.05, 4.69) is 122 Å². The molecule has 0 fully saturated rings. The molecule has 9 aromatic rings. The first-order valence-corrected chi connectivity index (χ1v) is 21.1. The van der Waals surface area contributed by atoms with Crippen molar-refractivity contribution in [2.45, 2.75) is 26.2 Å². The molecule has 7 nitrogen and oxygen atoms in total. The Morgan fingerprint density at radius 1 is 0.627 bits per heavy atom. The van der Waals surface area contributed by atoms with Gasteiger partial charge < -0.3 is 14.6 Å². The van der Waals surface area contributed by atoms with E-state index >= 15 is 0 Å². The Bertz CT molecular complexity index is 2900. The van der Waals surface area contributed by atoms with E-state index in [-0.39, 0.29) is 5.92 Å². The van der Waals surface area contributed by atoms with Gasteiger partial charge >= 0.3 is 7.12 Å². The molecule has 3 aromatic heterocycles. The molecule has 10 heteroatoms. The molecule has 0 radical (unpaired) electrons. The molecule has 1 unspecified atom stereocenters. The highest BCUT2D eigenvalue weighted by molar-refractivity contribution is 9.11. The zero-order valence-corrected chi connectivity index (χ0v) is 35.5. The molecule has 0 spiro atoms. The Morgan fingerprint density at radius 2 is 1.24 bits per heavy atom. The number of rotatable bonds is 7. The number of hydrogen-bond donors (Lipinski definition) is 2. The molecule has 59 heavy (non-hydrogen) atoms. The van der Waals surface area contributed by atoms with E-state index < -0.39 is 7.12 Å². The van der Waals surface area contributed by atoms with Gasteiger partial charge in [0.25, 0.3) is 0 Å². The van der Waals surface area contributed by atoms with Crippen molar-refractivity contribution >= 4 is 66.2 Å². The second-order valence-electron chi connectivity index (χ2n) is 15.1. The molecule has 6 aromatic carbocycles. The average molecular weight is 899 g/mol. The topological polar surface area (TPSA) is 97.0 Å². The van der Waals surface area contributed by atoms with Gasteiger partial charge in [0, 0.05) is 38.3 Å². The summed E-state index contributed by atoms with van der Waals surface area (Å²) in [7, 11) is -1.60. The molecule has 288 valence electrons. The van der Waals surface area contributed by atoms with Gasteiger partial charge in [-0.3, -0.25) is 0 Å². The maximum Gasteiger partial charge on any atom is 0.488 e. The molecule has 0 saturated carbocycles. The summed E-state index contributed by atoms with van der Waals surface area (Å²) in [4.78, 5) is 19.3. The molecular weight excluding hydrogens is 861 g/mol. The van der Waals surface area contributed by atoms with Crippen molar-refractivity contribution in [2.24, 2.45) is 5.92 Å². The van der Waals surface area contributed by atoms with Crippen LogP contribution >= 0.6 is 31.9 Å². The Hall–Kier alpha value is -5.78. The predicted octanol–water partition coefficient (Wildman–Crippen LogP) is 10.9. The van der Waals surface area contributed by atoms with Crippen LogP contribution in [0.1, 0.15) is 42.3 Å². The standard InChI is InChI=1S/C40H27BN4O2.C9H11Br2N/c46-41(47)27-20-21-29-31-24-36-32(30-18-10-11-19-35(30)45(36)28-16-8-3-9-17-28)23-34(31)37(33(29)22-27)40-43-38(25-12-4-1-5-13-25)42-39(44-40)26-14-6-2-7-15-26;1-6(2)3-7-4-9(11)12-5-8(7)10/h1-24,37,46-47H;4-6H,3H2,1-2H3. The minimum absolute atomic E-state index is 0.366. The third-order valence-electron chi connectivity index (χ3n) is 10.6. The van der Waals surface area contributed by atoms with Crippen LogP contribution in [0.4, 0.5) is 0 Å². The van der Waals surface area contributed by atoms with Crippen LogP contribution in [-0.4, -0.2) is 41.7 Å². The van der Waals surface area contributed by atoms with Crippen LogP contribution in [0.5, 0.6) is 0 Å². The van der Waals surface area contributed by atoms with Crippen LogP contribution in [0.3, 0.4) is 0 Å². The first-order valence-electron chi connectivity index (χ1n) is 19.5. The lowest BCUT2D eigenvalue weighted by molar-refractivity contribution is 0.425. The number of fused-ring (bicyclic) bond motifs is 6. The minimum Gasteiger partial charge on any atom is -0.423 e. The van der Waals surface area contributed by atoms with E-state index in [1.165, 1.54) is 5.56 Å². The molecule has 2 N–H and O–H groups in total. The summed E-state index contributed by atoms with van der Waals surface area (Å²) in [6.45, 7) is 4.42. The fourth-order valence-electron chi connectivity index (χ4n) is 8.03. The summed E-state index contributed by atoms with van der Waals surface area (Å²) in [5.74, 6) is 2.09. The molecule has 1 aliphatic rings. The van der Waals surface area contributed by atoms with Gasteiger partial charge in [0.15, 0.2) is 11.6 Å². The Kier molecular flexibility index (Phi) is 10.8. The van der Waals surface area contributed by atoms with Gasteiger partial charge in [0.1, 0.15) is 10.4 Å². The predicted molar refractivity (Wildman–Crippen MR) is 246 cm³/mol. The molecule has 3 heterocycles. The number of hydrogen-bond acceptors (Lipinski definition) is 6.